The molecule has 3 aromatic rings. The van der Waals surface area contributed by atoms with Crippen molar-refractivity contribution in [3.8, 4) is 16.9 Å². The van der Waals surface area contributed by atoms with Crippen LogP contribution in [0.4, 0.5) is 4.39 Å². The van der Waals surface area contributed by atoms with Gasteiger partial charge in [-0.15, -0.1) is 12.4 Å². The number of nitrogens with zero attached hydrogens (tertiary/aromatic N) is 5. The normalized spacial score (nSPS) is 14.9. The first-order chi connectivity index (χ1) is 12.8. The molecule has 27 heavy (non-hydrogen) atoms. The molecule has 0 aliphatic carbocycles. The van der Waals surface area contributed by atoms with Crippen molar-refractivity contribution in [1.29, 1.82) is 0 Å². The van der Waals surface area contributed by atoms with Crippen LogP contribution in [0, 0.1) is 5.82 Å². The van der Waals surface area contributed by atoms with E-state index in [1.54, 1.807) is 16.8 Å². The van der Waals surface area contributed by atoms with Gasteiger partial charge in [-0.25, -0.2) is 14.1 Å². The Morgan fingerprint density at radius 3 is 2.52 bits per heavy atom. The van der Waals surface area contributed by atoms with Crippen LogP contribution in [0.2, 0.25) is 0 Å². The number of benzene rings is 1. The quantitative estimate of drug-likeness (QED) is 0.635. The fraction of sp³-hybridized carbons (Fsp3) is 0.400. The molecule has 7 heteroatoms. The lowest BCUT2D eigenvalue weighted by Gasteiger charge is -2.26. The van der Waals surface area contributed by atoms with Crippen molar-refractivity contribution in [3.63, 3.8) is 0 Å². The fourth-order valence-corrected chi connectivity index (χ4v) is 3.58. The van der Waals surface area contributed by atoms with Gasteiger partial charge in [-0.1, -0.05) is 6.42 Å². The van der Waals surface area contributed by atoms with E-state index in [2.05, 4.69) is 19.5 Å². The van der Waals surface area contributed by atoms with Gasteiger partial charge in [-0.2, -0.15) is 5.10 Å². The highest BCUT2D eigenvalue weighted by atomic mass is 35.5. The summed E-state index contributed by atoms with van der Waals surface area (Å²) >= 11 is 0. The Hall–Kier alpha value is -2.18. The van der Waals surface area contributed by atoms with Gasteiger partial charge in [-0.05, 0) is 63.2 Å². The van der Waals surface area contributed by atoms with E-state index in [1.807, 2.05) is 24.9 Å². The van der Waals surface area contributed by atoms with E-state index in [1.165, 1.54) is 44.5 Å². The molecule has 1 aliphatic heterocycles. The van der Waals surface area contributed by atoms with E-state index in [0.717, 1.165) is 36.5 Å². The van der Waals surface area contributed by atoms with Crippen LogP contribution < -0.4 is 0 Å². The van der Waals surface area contributed by atoms with Gasteiger partial charge < -0.3 is 9.47 Å². The average Bonchev–Trinajstić information content (AvgIpc) is 3.32. The topological polar surface area (TPSA) is 38.9 Å². The Balaban J connectivity index is 0.00000210. The number of likely N-dealkylation sites (tertiary alicyclic amines) is 1. The number of piperidine rings is 1. The molecule has 0 atom stereocenters. The smallest absolute Gasteiger partial charge is 0.123 e. The molecule has 0 N–H and O–H groups in total. The molecule has 1 saturated heterocycles. The SMILES string of the molecule is Cl.Fc1ccc(-n2cc(-c3cncn3CCCN3CCCCC3)cn2)cc1. The zero-order valence-corrected chi connectivity index (χ0v) is 16.1. The summed E-state index contributed by atoms with van der Waals surface area (Å²) in [4.78, 5) is 6.88. The molecule has 0 bridgehead atoms. The third kappa shape index (κ3) is 4.76. The van der Waals surface area contributed by atoms with Crippen molar-refractivity contribution in [2.24, 2.45) is 0 Å². The molecule has 0 amide bonds. The fourth-order valence-electron chi connectivity index (χ4n) is 3.58. The number of rotatable bonds is 6. The summed E-state index contributed by atoms with van der Waals surface area (Å²) < 4.78 is 17.0. The molecule has 0 spiro atoms. The molecular weight excluding hydrogens is 365 g/mol. The maximum Gasteiger partial charge on any atom is 0.123 e. The number of hydrogen-bond acceptors (Lipinski definition) is 3. The molecule has 1 aliphatic rings. The van der Waals surface area contributed by atoms with Gasteiger partial charge >= 0.3 is 0 Å². The van der Waals surface area contributed by atoms with Gasteiger partial charge in [-0.3, -0.25) is 0 Å². The van der Waals surface area contributed by atoms with Crippen molar-refractivity contribution in [1.82, 2.24) is 24.2 Å². The molecule has 2 aromatic heterocycles. The van der Waals surface area contributed by atoms with Crippen LogP contribution in [0.25, 0.3) is 16.9 Å². The highest BCUT2D eigenvalue weighted by molar-refractivity contribution is 5.85. The number of aryl methyl sites for hydroxylation is 1. The first-order valence-corrected chi connectivity index (χ1v) is 9.33. The zero-order chi connectivity index (χ0) is 17.8. The minimum absolute atomic E-state index is 0. The second-order valence-corrected chi connectivity index (χ2v) is 6.88. The molecule has 3 heterocycles. The number of imidazole rings is 1. The minimum atomic E-state index is -0.243. The lowest BCUT2D eigenvalue weighted by molar-refractivity contribution is 0.223. The number of halogens is 2. The van der Waals surface area contributed by atoms with E-state index in [-0.39, 0.29) is 18.2 Å². The minimum Gasteiger partial charge on any atom is -0.330 e. The molecule has 144 valence electrons. The summed E-state index contributed by atoms with van der Waals surface area (Å²) in [5, 5.41) is 4.41. The van der Waals surface area contributed by atoms with Crippen molar-refractivity contribution in [3.05, 3.63) is 55.0 Å². The summed E-state index contributed by atoms with van der Waals surface area (Å²) in [6.07, 6.45) is 12.7. The van der Waals surface area contributed by atoms with Gasteiger partial charge in [0, 0.05) is 18.3 Å². The summed E-state index contributed by atoms with van der Waals surface area (Å²) in [6, 6.07) is 6.34. The standard InChI is InChI=1S/C20H24FN5.ClH/c21-18-5-7-19(8-6-18)26-15-17(13-23-26)20-14-22-16-25(20)12-4-11-24-9-2-1-3-10-24;/h5-8,13-16H,1-4,9-12H2;1H. The molecular formula is C20H25ClFN5. The molecule has 1 fully saturated rings. The van der Waals surface area contributed by atoms with Crippen LogP contribution in [-0.4, -0.2) is 43.9 Å². The highest BCUT2D eigenvalue weighted by Crippen LogP contribution is 2.20. The number of hydrogen-bond donors (Lipinski definition) is 0. The Labute approximate surface area is 165 Å². The molecule has 0 radical (unpaired) electrons. The average molecular weight is 390 g/mol. The van der Waals surface area contributed by atoms with Crippen molar-refractivity contribution in [2.45, 2.75) is 32.2 Å². The van der Waals surface area contributed by atoms with Gasteiger partial charge in [0.15, 0.2) is 0 Å². The van der Waals surface area contributed by atoms with Crippen LogP contribution in [-0.2, 0) is 6.54 Å². The van der Waals surface area contributed by atoms with E-state index in [0.29, 0.717) is 0 Å². The van der Waals surface area contributed by atoms with Crippen molar-refractivity contribution < 1.29 is 4.39 Å². The Morgan fingerprint density at radius 2 is 1.74 bits per heavy atom. The van der Waals surface area contributed by atoms with Crippen LogP contribution in [0.15, 0.2) is 49.2 Å². The predicted octanol–water partition coefficient (Wildman–Crippen LogP) is 4.17. The number of aromatic nitrogens is 4. The molecule has 4 rings (SSSR count). The summed E-state index contributed by atoms with van der Waals surface area (Å²) in [6.45, 7) is 4.57. The summed E-state index contributed by atoms with van der Waals surface area (Å²) in [5.74, 6) is -0.243. The van der Waals surface area contributed by atoms with E-state index in [4.69, 9.17) is 0 Å². The molecule has 0 unspecified atom stereocenters. The van der Waals surface area contributed by atoms with E-state index < -0.39 is 0 Å². The molecule has 1 aromatic carbocycles. The predicted molar refractivity (Wildman–Crippen MR) is 107 cm³/mol. The monoisotopic (exact) mass is 389 g/mol. The van der Waals surface area contributed by atoms with Gasteiger partial charge in [0.2, 0.25) is 0 Å². The lowest BCUT2D eigenvalue weighted by atomic mass is 10.1. The van der Waals surface area contributed by atoms with Crippen LogP contribution in [0.1, 0.15) is 25.7 Å². The van der Waals surface area contributed by atoms with Crippen molar-refractivity contribution in [2.75, 3.05) is 19.6 Å². The van der Waals surface area contributed by atoms with Crippen LogP contribution in [0.5, 0.6) is 0 Å². The third-order valence-corrected chi connectivity index (χ3v) is 5.00. The summed E-state index contributed by atoms with van der Waals surface area (Å²) in [5.41, 5.74) is 2.93. The lowest BCUT2D eigenvalue weighted by Crippen LogP contribution is -2.31. The van der Waals surface area contributed by atoms with Crippen LogP contribution in [0.3, 0.4) is 0 Å². The Morgan fingerprint density at radius 1 is 0.963 bits per heavy atom. The largest absolute Gasteiger partial charge is 0.330 e. The maximum absolute atomic E-state index is 13.1. The second kappa shape index (κ2) is 9.15. The summed E-state index contributed by atoms with van der Waals surface area (Å²) in [7, 11) is 0. The van der Waals surface area contributed by atoms with Gasteiger partial charge in [0.1, 0.15) is 5.82 Å². The second-order valence-electron chi connectivity index (χ2n) is 6.88. The van der Waals surface area contributed by atoms with Gasteiger partial charge in [0.25, 0.3) is 0 Å². The zero-order valence-electron chi connectivity index (χ0n) is 15.3. The van der Waals surface area contributed by atoms with Crippen LogP contribution >= 0.6 is 12.4 Å². The molecule has 0 saturated carbocycles. The maximum atomic E-state index is 13.1. The first-order valence-electron chi connectivity index (χ1n) is 9.33. The third-order valence-electron chi connectivity index (χ3n) is 5.00. The first kappa shape index (κ1) is 19.6. The Bertz CT molecular complexity index is 836. The van der Waals surface area contributed by atoms with E-state index in [9.17, 15) is 4.39 Å². The van der Waals surface area contributed by atoms with Crippen molar-refractivity contribution >= 4 is 12.4 Å². The molecule has 5 nitrogen and oxygen atoms in total. The van der Waals surface area contributed by atoms with Gasteiger partial charge in [0.05, 0.1) is 30.1 Å². The Kier molecular flexibility index (Phi) is 6.63. The highest BCUT2D eigenvalue weighted by Gasteiger charge is 2.11. The van der Waals surface area contributed by atoms with E-state index >= 15 is 0 Å².